The SMILES string of the molecule is O=C(O)c1ccc(N=P(c2ccccc2)(c2ccccc2)c2ccccc2)cc1. The predicted octanol–water partition coefficient (Wildman–Crippen LogP) is 5.19. The summed E-state index contributed by atoms with van der Waals surface area (Å²) in [6.45, 7) is 0. The van der Waals surface area contributed by atoms with Crippen LogP contribution < -0.4 is 15.9 Å². The lowest BCUT2D eigenvalue weighted by Gasteiger charge is -2.27. The van der Waals surface area contributed by atoms with E-state index in [4.69, 9.17) is 4.74 Å². The van der Waals surface area contributed by atoms with Crippen LogP contribution in [-0.4, -0.2) is 11.1 Å². The Hall–Kier alpha value is -3.42. The summed E-state index contributed by atoms with van der Waals surface area (Å²) in [5.41, 5.74) is 1.02. The minimum absolute atomic E-state index is 0.256. The first kappa shape index (κ1) is 18.9. The van der Waals surface area contributed by atoms with E-state index in [-0.39, 0.29) is 5.56 Å². The minimum atomic E-state index is -2.34. The molecule has 0 bridgehead atoms. The first-order chi connectivity index (χ1) is 14.2. The van der Waals surface area contributed by atoms with E-state index in [0.717, 1.165) is 21.6 Å². The molecular weight excluding hydrogens is 377 g/mol. The van der Waals surface area contributed by atoms with Crippen molar-refractivity contribution in [2.75, 3.05) is 0 Å². The highest BCUT2D eigenvalue weighted by atomic mass is 31.2. The molecule has 0 fully saturated rings. The third-order valence-electron chi connectivity index (χ3n) is 4.77. The zero-order valence-corrected chi connectivity index (χ0v) is 16.6. The van der Waals surface area contributed by atoms with Gasteiger partial charge in [-0.15, -0.1) is 0 Å². The first-order valence-electron chi connectivity index (χ1n) is 9.33. The molecule has 3 nitrogen and oxygen atoms in total. The minimum Gasteiger partial charge on any atom is -0.478 e. The van der Waals surface area contributed by atoms with Crippen molar-refractivity contribution >= 4 is 34.6 Å². The fourth-order valence-electron chi connectivity index (χ4n) is 3.40. The van der Waals surface area contributed by atoms with Crippen molar-refractivity contribution in [2.24, 2.45) is 4.74 Å². The van der Waals surface area contributed by atoms with Crippen molar-refractivity contribution in [3.63, 3.8) is 0 Å². The van der Waals surface area contributed by atoms with Gasteiger partial charge in [0.25, 0.3) is 0 Å². The van der Waals surface area contributed by atoms with Gasteiger partial charge in [-0.2, -0.15) is 0 Å². The van der Waals surface area contributed by atoms with Gasteiger partial charge in [0.15, 0.2) is 0 Å². The van der Waals surface area contributed by atoms with Gasteiger partial charge in [-0.3, -0.25) is 4.74 Å². The van der Waals surface area contributed by atoms with Crippen LogP contribution in [0.1, 0.15) is 10.4 Å². The molecular formula is C25H20NO2P. The number of carboxylic acid groups (broad SMARTS) is 1. The topological polar surface area (TPSA) is 49.7 Å². The standard InChI is InChI=1S/C25H20NO2P/c27-25(28)20-16-18-21(19-17-20)26-29(22-10-4-1-5-11-22,23-12-6-2-7-13-23)24-14-8-3-9-15-24/h1-19H,(H,27,28). The fourth-order valence-corrected chi connectivity index (χ4v) is 6.93. The molecule has 0 aliphatic heterocycles. The van der Waals surface area contributed by atoms with Gasteiger partial charge in [0.1, 0.15) is 0 Å². The molecule has 0 spiro atoms. The van der Waals surface area contributed by atoms with Crippen molar-refractivity contribution in [3.05, 3.63) is 121 Å². The normalized spacial score (nSPS) is 11.0. The average Bonchev–Trinajstić information content (AvgIpc) is 2.79. The summed E-state index contributed by atoms with van der Waals surface area (Å²) >= 11 is 0. The smallest absolute Gasteiger partial charge is 0.335 e. The number of rotatable bonds is 5. The first-order valence-corrected chi connectivity index (χ1v) is 11.1. The largest absolute Gasteiger partial charge is 0.478 e. The second-order valence-electron chi connectivity index (χ2n) is 6.59. The Bertz CT molecular complexity index is 1050. The van der Waals surface area contributed by atoms with E-state index in [0.29, 0.717) is 0 Å². The molecule has 0 saturated carbocycles. The molecule has 0 aliphatic carbocycles. The van der Waals surface area contributed by atoms with Crippen LogP contribution in [0.5, 0.6) is 0 Å². The fraction of sp³-hybridized carbons (Fsp3) is 0. The molecule has 4 heteroatoms. The Morgan fingerprint density at radius 2 is 0.966 bits per heavy atom. The number of aromatic carboxylic acids is 1. The van der Waals surface area contributed by atoms with Crippen LogP contribution in [0.2, 0.25) is 0 Å². The average molecular weight is 397 g/mol. The lowest BCUT2D eigenvalue weighted by Crippen LogP contribution is -2.25. The molecule has 142 valence electrons. The molecule has 0 unspecified atom stereocenters. The molecule has 0 radical (unpaired) electrons. The Balaban J connectivity index is 2.06. The van der Waals surface area contributed by atoms with Gasteiger partial charge in [-0.1, -0.05) is 91.0 Å². The van der Waals surface area contributed by atoms with E-state index in [1.54, 1.807) is 24.3 Å². The molecule has 4 rings (SSSR count). The maximum absolute atomic E-state index is 11.2. The highest BCUT2D eigenvalue weighted by molar-refractivity contribution is 7.87. The van der Waals surface area contributed by atoms with Crippen LogP contribution in [0.3, 0.4) is 0 Å². The predicted molar refractivity (Wildman–Crippen MR) is 121 cm³/mol. The molecule has 0 heterocycles. The van der Waals surface area contributed by atoms with Crippen LogP contribution in [0.4, 0.5) is 5.69 Å². The monoisotopic (exact) mass is 397 g/mol. The van der Waals surface area contributed by atoms with Gasteiger partial charge < -0.3 is 5.11 Å². The Kier molecular flexibility index (Phi) is 5.41. The second kappa shape index (κ2) is 8.30. The van der Waals surface area contributed by atoms with Crippen LogP contribution in [0.25, 0.3) is 0 Å². The van der Waals surface area contributed by atoms with Crippen LogP contribution in [-0.2, 0) is 0 Å². The van der Waals surface area contributed by atoms with Crippen molar-refractivity contribution in [3.8, 4) is 0 Å². The van der Waals surface area contributed by atoms with Gasteiger partial charge in [0.05, 0.1) is 18.3 Å². The quantitative estimate of drug-likeness (QED) is 0.471. The molecule has 4 aromatic carbocycles. The van der Waals surface area contributed by atoms with Crippen molar-refractivity contribution in [2.45, 2.75) is 0 Å². The van der Waals surface area contributed by atoms with Gasteiger partial charge in [0.2, 0.25) is 0 Å². The molecule has 0 aromatic heterocycles. The zero-order valence-electron chi connectivity index (χ0n) is 15.7. The molecule has 0 atom stereocenters. The zero-order chi connectivity index (χ0) is 20.1. The summed E-state index contributed by atoms with van der Waals surface area (Å²) in [5, 5.41) is 12.7. The lowest BCUT2D eigenvalue weighted by atomic mass is 10.2. The van der Waals surface area contributed by atoms with Crippen molar-refractivity contribution < 1.29 is 9.90 Å². The third kappa shape index (κ3) is 3.78. The summed E-state index contributed by atoms with van der Waals surface area (Å²) in [6.07, 6.45) is 0. The second-order valence-corrected chi connectivity index (χ2v) is 9.61. The number of benzene rings is 4. The van der Waals surface area contributed by atoms with E-state index in [1.165, 1.54) is 0 Å². The van der Waals surface area contributed by atoms with Gasteiger partial charge in [-0.25, -0.2) is 4.79 Å². The van der Waals surface area contributed by atoms with Gasteiger partial charge in [-0.05, 0) is 24.3 Å². The Morgan fingerprint density at radius 3 is 1.31 bits per heavy atom. The Labute approximate surface area is 170 Å². The van der Waals surface area contributed by atoms with Crippen LogP contribution >= 0.6 is 7.05 Å². The molecule has 0 aliphatic rings. The van der Waals surface area contributed by atoms with Crippen LogP contribution in [0.15, 0.2) is 120 Å². The van der Waals surface area contributed by atoms with E-state index in [1.807, 2.05) is 54.6 Å². The summed E-state index contributed by atoms with van der Waals surface area (Å²) in [6, 6.07) is 37.8. The summed E-state index contributed by atoms with van der Waals surface area (Å²) in [5.74, 6) is -0.938. The summed E-state index contributed by atoms with van der Waals surface area (Å²) < 4.78 is 5.32. The maximum atomic E-state index is 11.2. The Morgan fingerprint density at radius 1 is 0.586 bits per heavy atom. The van der Waals surface area contributed by atoms with Crippen molar-refractivity contribution in [1.82, 2.24) is 0 Å². The lowest BCUT2D eigenvalue weighted by molar-refractivity contribution is 0.0697. The molecule has 29 heavy (non-hydrogen) atoms. The maximum Gasteiger partial charge on any atom is 0.335 e. The van der Waals surface area contributed by atoms with E-state index in [9.17, 15) is 9.90 Å². The molecule has 1 N–H and O–H groups in total. The van der Waals surface area contributed by atoms with Gasteiger partial charge in [0, 0.05) is 15.9 Å². The number of hydrogen-bond donors (Lipinski definition) is 1. The van der Waals surface area contributed by atoms with Crippen molar-refractivity contribution in [1.29, 1.82) is 0 Å². The van der Waals surface area contributed by atoms with E-state index in [2.05, 4.69) is 36.4 Å². The number of carbonyl (C=O) groups is 1. The van der Waals surface area contributed by atoms with E-state index < -0.39 is 13.0 Å². The number of hydrogen-bond acceptors (Lipinski definition) is 2. The third-order valence-corrected chi connectivity index (χ3v) is 8.44. The summed E-state index contributed by atoms with van der Waals surface area (Å²) in [7, 11) is -2.34. The highest BCUT2D eigenvalue weighted by Gasteiger charge is 2.27. The number of nitrogens with zero attached hydrogens (tertiary/aromatic N) is 1. The highest BCUT2D eigenvalue weighted by Crippen LogP contribution is 2.49. The van der Waals surface area contributed by atoms with Crippen LogP contribution in [0, 0.1) is 0 Å². The van der Waals surface area contributed by atoms with E-state index >= 15 is 0 Å². The molecule has 0 amide bonds. The number of carboxylic acids is 1. The molecule has 4 aromatic rings. The van der Waals surface area contributed by atoms with Gasteiger partial charge >= 0.3 is 5.97 Å². The molecule has 0 saturated heterocycles. The summed E-state index contributed by atoms with van der Waals surface area (Å²) in [4.78, 5) is 11.2.